The molecule has 0 bridgehead atoms. The van der Waals surface area contributed by atoms with Crippen molar-refractivity contribution < 1.29 is 76.0 Å². The zero-order valence-corrected chi connectivity index (χ0v) is 8.41. The second-order valence-corrected chi connectivity index (χ2v) is 0.848. The summed E-state index contributed by atoms with van der Waals surface area (Å²) in [6, 6.07) is 0. The molecule has 0 aliphatic heterocycles. The minimum Gasteiger partial charge on any atom is -1.00 e. The Kier molecular flexibility index (Phi) is 29.7. The Morgan fingerprint density at radius 2 is 0.615 bits per heavy atom. The van der Waals surface area contributed by atoms with Crippen LogP contribution in [-0.2, 0) is 0 Å². The molecule has 0 fully saturated rings. The number of carboxylic acid groups (broad SMARTS) is 6. The quantitative estimate of drug-likeness (QED) is 0.242. The first-order valence-electron chi connectivity index (χ1n) is 1.95. The van der Waals surface area contributed by atoms with Gasteiger partial charge in [-0.2, -0.15) is 0 Å². The monoisotopic (exact) mass is 210 g/mol. The summed E-state index contributed by atoms with van der Waals surface area (Å²) in [5.41, 5.74) is 0. The third-order valence-electron chi connectivity index (χ3n) is 0. The van der Waals surface area contributed by atoms with Crippen LogP contribution in [0, 0.1) is 0 Å². The number of carbonyl (C=O) groups is 3. The average Bonchev–Trinajstić information content (AvgIpc) is 1.54. The predicted molar refractivity (Wildman–Crippen MR) is 33.1 cm³/mol. The van der Waals surface area contributed by atoms with Gasteiger partial charge in [0.1, 0.15) is 0 Å². The van der Waals surface area contributed by atoms with Crippen molar-refractivity contribution in [3.05, 3.63) is 0 Å². The first-order chi connectivity index (χ1) is 5.20. The fraction of sp³-hybridized carbons (Fsp3) is 0. The van der Waals surface area contributed by atoms with Crippen LogP contribution in [0.25, 0.3) is 0 Å². The fourth-order valence-electron chi connectivity index (χ4n) is 0. The second-order valence-electron chi connectivity index (χ2n) is 0.848. The molecule has 0 rings (SSSR count). The van der Waals surface area contributed by atoms with Gasteiger partial charge in [0.25, 0.3) is 0 Å². The predicted octanol–water partition coefficient (Wildman–Crippen LogP) is -2.22. The van der Waals surface area contributed by atoms with Crippen LogP contribution in [0.15, 0.2) is 0 Å². The molecular formula is C3H7NaO9. The van der Waals surface area contributed by atoms with E-state index in [0.29, 0.717) is 0 Å². The Hall–Kier alpha value is -1.19. The Morgan fingerprint density at radius 1 is 0.615 bits per heavy atom. The zero-order chi connectivity index (χ0) is 10.7. The minimum absolute atomic E-state index is 0. The van der Waals surface area contributed by atoms with Gasteiger partial charge in [-0.25, -0.2) is 14.4 Å². The minimum atomic E-state index is -1.83. The summed E-state index contributed by atoms with van der Waals surface area (Å²) in [5.74, 6) is 0. The first kappa shape index (κ1) is 22.6. The third kappa shape index (κ3) is 592. The second kappa shape index (κ2) is 17.1. The largest absolute Gasteiger partial charge is 1.00 e. The zero-order valence-electron chi connectivity index (χ0n) is 7.41. The van der Waals surface area contributed by atoms with Gasteiger partial charge in [-0.05, 0) is 0 Å². The van der Waals surface area contributed by atoms with Crippen molar-refractivity contribution in [2.75, 3.05) is 0 Å². The van der Waals surface area contributed by atoms with E-state index in [2.05, 4.69) is 0 Å². The van der Waals surface area contributed by atoms with Gasteiger partial charge < -0.3 is 32.1 Å². The van der Waals surface area contributed by atoms with Gasteiger partial charge in [0.2, 0.25) is 0 Å². The Morgan fingerprint density at radius 3 is 0.615 bits per heavy atom. The molecule has 0 amide bonds. The smallest absolute Gasteiger partial charge is 1.00 e. The fourth-order valence-corrected chi connectivity index (χ4v) is 0. The molecule has 0 radical (unpaired) electrons. The van der Waals surface area contributed by atoms with E-state index in [1.54, 1.807) is 0 Å². The van der Waals surface area contributed by atoms with E-state index in [9.17, 15) is 0 Å². The summed E-state index contributed by atoms with van der Waals surface area (Å²) in [7, 11) is 0. The summed E-state index contributed by atoms with van der Waals surface area (Å²) in [5, 5.41) is 41.8. The van der Waals surface area contributed by atoms with E-state index in [1.165, 1.54) is 0 Å². The molecule has 0 unspecified atom stereocenters. The van der Waals surface area contributed by atoms with Gasteiger partial charge >= 0.3 is 48.0 Å². The number of rotatable bonds is 0. The summed E-state index contributed by atoms with van der Waals surface area (Å²) in [6.45, 7) is 0. The van der Waals surface area contributed by atoms with Gasteiger partial charge in [0.05, 0.1) is 0 Å². The standard InChI is InChI=1S/3CH2O3.Na.H/c3*2-1(3)4;;/h3*(H2,2,3,4);;/q;;;+1;-1. The van der Waals surface area contributed by atoms with Crippen molar-refractivity contribution >= 4 is 18.5 Å². The molecule has 0 spiro atoms. The van der Waals surface area contributed by atoms with Crippen molar-refractivity contribution in [2.24, 2.45) is 0 Å². The van der Waals surface area contributed by atoms with Crippen LogP contribution in [-0.4, -0.2) is 49.1 Å². The Bertz CT molecular complexity index is 118. The van der Waals surface area contributed by atoms with Crippen molar-refractivity contribution in [2.45, 2.75) is 0 Å². The molecule has 10 heteroatoms. The van der Waals surface area contributed by atoms with E-state index >= 15 is 0 Å². The molecule has 13 heavy (non-hydrogen) atoms. The molecule has 0 atom stereocenters. The van der Waals surface area contributed by atoms with Crippen LogP contribution >= 0.6 is 0 Å². The number of hydrogen-bond acceptors (Lipinski definition) is 3. The van der Waals surface area contributed by atoms with Gasteiger partial charge in [-0.1, -0.05) is 0 Å². The van der Waals surface area contributed by atoms with Gasteiger partial charge in [-0.3, -0.25) is 0 Å². The van der Waals surface area contributed by atoms with E-state index in [4.69, 9.17) is 45.0 Å². The van der Waals surface area contributed by atoms with Gasteiger partial charge in [0.15, 0.2) is 0 Å². The van der Waals surface area contributed by atoms with Gasteiger partial charge in [-0.15, -0.1) is 0 Å². The van der Waals surface area contributed by atoms with E-state index < -0.39 is 18.5 Å². The molecule has 0 heterocycles. The van der Waals surface area contributed by atoms with Crippen molar-refractivity contribution in [1.82, 2.24) is 0 Å². The SMILES string of the molecule is O=C(O)O.O=C(O)O.O=C(O)O.[H-].[Na+]. The molecule has 0 aromatic carbocycles. The van der Waals surface area contributed by atoms with Crippen molar-refractivity contribution in [1.29, 1.82) is 0 Å². The van der Waals surface area contributed by atoms with Crippen LogP contribution in [0.3, 0.4) is 0 Å². The maximum atomic E-state index is 8.56. The molecule has 0 saturated heterocycles. The van der Waals surface area contributed by atoms with Gasteiger partial charge in [0, 0.05) is 0 Å². The molecule has 0 saturated carbocycles. The molecule has 0 aromatic rings. The molecule has 0 aromatic heterocycles. The van der Waals surface area contributed by atoms with Crippen LogP contribution in [0.5, 0.6) is 0 Å². The Labute approximate surface area is 94.6 Å². The maximum Gasteiger partial charge on any atom is 1.00 e. The molecular weight excluding hydrogens is 203 g/mol. The summed E-state index contributed by atoms with van der Waals surface area (Å²) >= 11 is 0. The maximum absolute atomic E-state index is 8.56. The Balaban J connectivity index is -0.0000000270. The van der Waals surface area contributed by atoms with Crippen LogP contribution < -0.4 is 29.6 Å². The topological polar surface area (TPSA) is 173 Å². The normalized spacial score (nSPS) is 5.54. The van der Waals surface area contributed by atoms with E-state index in [0.717, 1.165) is 0 Å². The average molecular weight is 210 g/mol. The molecule has 0 aliphatic carbocycles. The summed E-state index contributed by atoms with van der Waals surface area (Å²) < 4.78 is 0. The molecule has 0 aliphatic rings. The first-order valence-corrected chi connectivity index (χ1v) is 1.95. The molecule has 74 valence electrons. The summed E-state index contributed by atoms with van der Waals surface area (Å²) in [4.78, 5) is 25.7. The van der Waals surface area contributed by atoms with Crippen LogP contribution in [0.2, 0.25) is 0 Å². The molecule has 9 nitrogen and oxygen atoms in total. The van der Waals surface area contributed by atoms with Crippen LogP contribution in [0.1, 0.15) is 1.43 Å². The summed E-state index contributed by atoms with van der Waals surface area (Å²) in [6.07, 6.45) is -5.50. The number of hydrogen-bond donors (Lipinski definition) is 6. The van der Waals surface area contributed by atoms with E-state index in [1.807, 2.05) is 0 Å². The van der Waals surface area contributed by atoms with E-state index in [-0.39, 0.29) is 31.0 Å². The third-order valence-corrected chi connectivity index (χ3v) is 0. The van der Waals surface area contributed by atoms with Crippen LogP contribution in [0.4, 0.5) is 14.4 Å². The van der Waals surface area contributed by atoms with Crippen molar-refractivity contribution in [3.63, 3.8) is 0 Å². The van der Waals surface area contributed by atoms with Crippen molar-refractivity contribution in [3.8, 4) is 0 Å². The molecule has 6 N–H and O–H groups in total.